The standard InChI is InChI=1S/C50H38BN3O2/c1-50(2,3)33-23-25-37(26-24-33)54-43-32-38(52(34-15-7-4-8-16-34)35-17-9-5-10-18-35)31-42-47(43)51(46-39-21-13-14-22-45(39)56-49(46)54)41-27-28-44-40(29-30-55-44)48(41)53(42)36-19-11-6-12-20-36/h4-32H,1-3H3. The molecule has 0 atom stereocenters. The third kappa shape index (κ3) is 4.88. The minimum absolute atomic E-state index is 0.0132. The van der Waals surface area contributed by atoms with E-state index in [1.54, 1.807) is 6.26 Å². The molecule has 2 aliphatic rings. The maximum Gasteiger partial charge on any atom is 0.257 e. The Bertz CT molecular complexity index is 2870. The summed E-state index contributed by atoms with van der Waals surface area (Å²) in [5, 5.41) is 2.19. The van der Waals surface area contributed by atoms with Gasteiger partial charge in [0.15, 0.2) is 0 Å². The number of furan rings is 2. The second-order valence-corrected chi connectivity index (χ2v) is 15.8. The third-order valence-electron chi connectivity index (χ3n) is 11.5. The van der Waals surface area contributed by atoms with E-state index in [1.807, 2.05) is 0 Å². The van der Waals surface area contributed by atoms with Gasteiger partial charge in [0.2, 0.25) is 5.88 Å². The molecule has 0 fully saturated rings. The Morgan fingerprint density at radius 2 is 1.12 bits per heavy atom. The van der Waals surface area contributed by atoms with Gasteiger partial charge >= 0.3 is 0 Å². The molecule has 268 valence electrons. The van der Waals surface area contributed by atoms with Crippen molar-refractivity contribution in [1.82, 2.24) is 0 Å². The first-order chi connectivity index (χ1) is 27.4. The zero-order valence-corrected chi connectivity index (χ0v) is 31.5. The quantitative estimate of drug-likeness (QED) is 0.165. The van der Waals surface area contributed by atoms with Crippen LogP contribution >= 0.6 is 0 Å². The molecule has 6 heteroatoms. The number of nitrogens with zero attached hydrogens (tertiary/aromatic N) is 3. The minimum atomic E-state index is -0.117. The fraction of sp³-hybridized carbons (Fsp3) is 0.0800. The zero-order chi connectivity index (χ0) is 37.5. The lowest BCUT2D eigenvalue weighted by molar-refractivity contribution is 0.590. The van der Waals surface area contributed by atoms with Crippen LogP contribution in [0.3, 0.4) is 0 Å². The van der Waals surface area contributed by atoms with Gasteiger partial charge in [-0.2, -0.15) is 0 Å². The van der Waals surface area contributed by atoms with Crippen molar-refractivity contribution in [2.45, 2.75) is 26.2 Å². The summed E-state index contributed by atoms with van der Waals surface area (Å²) in [6, 6.07) is 60.8. The topological polar surface area (TPSA) is 36.0 Å². The lowest BCUT2D eigenvalue weighted by atomic mass is 9.33. The molecule has 0 saturated heterocycles. The lowest BCUT2D eigenvalue weighted by Gasteiger charge is -2.43. The summed E-state index contributed by atoms with van der Waals surface area (Å²) in [6.07, 6.45) is 1.81. The van der Waals surface area contributed by atoms with E-state index in [9.17, 15) is 0 Å². The fourth-order valence-electron chi connectivity index (χ4n) is 8.93. The third-order valence-corrected chi connectivity index (χ3v) is 11.5. The van der Waals surface area contributed by atoms with Crippen LogP contribution in [0.15, 0.2) is 185 Å². The predicted molar refractivity (Wildman–Crippen MR) is 233 cm³/mol. The summed E-state index contributed by atoms with van der Waals surface area (Å²) in [6.45, 7) is 6.67. The van der Waals surface area contributed by atoms with E-state index in [1.165, 1.54) is 22.0 Å². The Morgan fingerprint density at radius 3 is 1.80 bits per heavy atom. The number of hydrogen-bond acceptors (Lipinski definition) is 5. The molecule has 11 rings (SSSR count). The highest BCUT2D eigenvalue weighted by Gasteiger charge is 2.47. The zero-order valence-electron chi connectivity index (χ0n) is 31.5. The van der Waals surface area contributed by atoms with Gasteiger partial charge in [-0.3, -0.25) is 4.90 Å². The van der Waals surface area contributed by atoms with Gasteiger partial charge < -0.3 is 18.6 Å². The number of para-hydroxylation sites is 4. The molecule has 9 aromatic rings. The van der Waals surface area contributed by atoms with Crippen molar-refractivity contribution >= 4 is 96.4 Å². The molecule has 0 spiro atoms. The van der Waals surface area contributed by atoms with Crippen molar-refractivity contribution in [1.29, 1.82) is 0 Å². The second kappa shape index (κ2) is 12.3. The molecule has 0 unspecified atom stereocenters. The van der Waals surface area contributed by atoms with Crippen molar-refractivity contribution in [3.05, 3.63) is 182 Å². The van der Waals surface area contributed by atoms with Crippen molar-refractivity contribution in [2.75, 3.05) is 14.7 Å². The van der Waals surface area contributed by atoms with Gasteiger partial charge in [0.1, 0.15) is 11.2 Å². The molecule has 0 radical (unpaired) electrons. The lowest BCUT2D eigenvalue weighted by Crippen LogP contribution is -2.61. The number of rotatable bonds is 5. The first-order valence-corrected chi connectivity index (χ1v) is 19.3. The molecule has 56 heavy (non-hydrogen) atoms. The minimum Gasteiger partial charge on any atom is -0.464 e. The van der Waals surface area contributed by atoms with Crippen molar-refractivity contribution in [3.8, 4) is 0 Å². The highest BCUT2D eigenvalue weighted by molar-refractivity contribution is 7.01. The summed E-state index contributed by atoms with van der Waals surface area (Å²) in [5.74, 6) is 0.840. The van der Waals surface area contributed by atoms with Gasteiger partial charge in [-0.15, -0.1) is 0 Å². The van der Waals surface area contributed by atoms with Gasteiger partial charge in [0.25, 0.3) is 6.71 Å². The Labute approximate surface area is 326 Å². The number of benzene rings is 7. The van der Waals surface area contributed by atoms with Gasteiger partial charge in [-0.05, 0) is 101 Å². The average Bonchev–Trinajstić information content (AvgIpc) is 3.87. The highest BCUT2D eigenvalue weighted by Crippen LogP contribution is 2.50. The molecular weight excluding hydrogens is 685 g/mol. The molecule has 0 bridgehead atoms. The van der Waals surface area contributed by atoms with Crippen LogP contribution in [-0.4, -0.2) is 6.71 Å². The summed E-state index contributed by atoms with van der Waals surface area (Å²) < 4.78 is 13.2. The van der Waals surface area contributed by atoms with Gasteiger partial charge in [-0.1, -0.05) is 112 Å². The van der Waals surface area contributed by atoms with Crippen LogP contribution in [0.25, 0.3) is 21.9 Å². The summed E-state index contributed by atoms with van der Waals surface area (Å²) in [5.41, 5.74) is 15.2. The molecular formula is C50H38BN3O2. The van der Waals surface area contributed by atoms with E-state index in [-0.39, 0.29) is 12.1 Å². The maximum atomic E-state index is 7.06. The van der Waals surface area contributed by atoms with Crippen LogP contribution in [0.5, 0.6) is 0 Å². The average molecular weight is 724 g/mol. The van der Waals surface area contributed by atoms with Crippen LogP contribution < -0.4 is 31.1 Å². The normalized spacial score (nSPS) is 13.2. The van der Waals surface area contributed by atoms with E-state index in [0.29, 0.717) is 0 Å². The smallest absolute Gasteiger partial charge is 0.257 e. The molecule has 5 nitrogen and oxygen atoms in total. The van der Waals surface area contributed by atoms with Crippen molar-refractivity contribution in [2.24, 2.45) is 0 Å². The van der Waals surface area contributed by atoms with Gasteiger partial charge in [-0.25, -0.2) is 0 Å². The van der Waals surface area contributed by atoms with Crippen LogP contribution in [0, 0.1) is 0 Å². The largest absolute Gasteiger partial charge is 0.464 e. The van der Waals surface area contributed by atoms with E-state index >= 15 is 0 Å². The van der Waals surface area contributed by atoms with Crippen molar-refractivity contribution < 1.29 is 8.83 Å². The summed E-state index contributed by atoms with van der Waals surface area (Å²) in [4.78, 5) is 7.17. The van der Waals surface area contributed by atoms with Crippen LogP contribution in [-0.2, 0) is 5.41 Å². The second-order valence-electron chi connectivity index (χ2n) is 15.8. The number of hydrogen-bond donors (Lipinski definition) is 0. The molecule has 2 aromatic heterocycles. The SMILES string of the molecule is CC(C)(C)c1ccc(N2c3cc(N(c4ccccc4)c4ccccc4)cc4c3B(c3ccc5occc5c3N4c3ccccc3)c3c2oc2ccccc32)cc1. The molecule has 0 aliphatic carbocycles. The first kappa shape index (κ1) is 32.5. The van der Waals surface area contributed by atoms with Gasteiger partial charge in [0.05, 0.1) is 17.6 Å². The monoisotopic (exact) mass is 723 g/mol. The fourth-order valence-corrected chi connectivity index (χ4v) is 8.93. The Balaban J connectivity index is 1.29. The highest BCUT2D eigenvalue weighted by atomic mass is 16.4. The van der Waals surface area contributed by atoms with E-state index in [0.717, 1.165) is 73.3 Å². The molecule has 2 aliphatic heterocycles. The Kier molecular flexibility index (Phi) is 7.14. The number of anilines is 9. The van der Waals surface area contributed by atoms with E-state index < -0.39 is 0 Å². The molecule has 0 N–H and O–H groups in total. The maximum absolute atomic E-state index is 7.06. The summed E-state index contributed by atoms with van der Waals surface area (Å²) >= 11 is 0. The van der Waals surface area contributed by atoms with Crippen LogP contribution in [0.1, 0.15) is 26.3 Å². The van der Waals surface area contributed by atoms with Gasteiger partial charge in [0, 0.05) is 50.4 Å². The summed E-state index contributed by atoms with van der Waals surface area (Å²) in [7, 11) is 0. The van der Waals surface area contributed by atoms with E-state index in [4.69, 9.17) is 8.83 Å². The molecule has 0 amide bonds. The molecule has 4 heterocycles. The predicted octanol–water partition coefficient (Wildman–Crippen LogP) is 12.0. The first-order valence-electron chi connectivity index (χ1n) is 19.3. The molecule has 0 saturated carbocycles. The van der Waals surface area contributed by atoms with Crippen LogP contribution in [0.4, 0.5) is 51.4 Å². The van der Waals surface area contributed by atoms with Crippen molar-refractivity contribution in [3.63, 3.8) is 0 Å². The number of fused-ring (bicyclic) bond motifs is 8. The van der Waals surface area contributed by atoms with Crippen LogP contribution in [0.2, 0.25) is 0 Å². The molecule has 7 aromatic carbocycles. The Morgan fingerprint density at radius 1 is 0.518 bits per heavy atom. The Hall–Kier alpha value is -6.92. The van der Waals surface area contributed by atoms with E-state index in [2.05, 4.69) is 205 Å².